The zero-order chi connectivity index (χ0) is 21.5. The molecule has 5 heteroatoms. The fourth-order valence-electron chi connectivity index (χ4n) is 3.87. The molecule has 1 aliphatic heterocycles. The van der Waals surface area contributed by atoms with E-state index < -0.39 is 0 Å². The highest BCUT2D eigenvalue weighted by molar-refractivity contribution is 6.01. The Morgan fingerprint density at radius 2 is 1.35 bits per heavy atom. The van der Waals surface area contributed by atoms with E-state index in [-0.39, 0.29) is 11.8 Å². The van der Waals surface area contributed by atoms with Gasteiger partial charge < -0.3 is 10.2 Å². The first-order valence-electron chi connectivity index (χ1n) is 10.7. The maximum absolute atomic E-state index is 13.2. The average molecular weight is 414 g/mol. The van der Waals surface area contributed by atoms with Gasteiger partial charge in [-0.1, -0.05) is 78.9 Å². The van der Waals surface area contributed by atoms with Crippen LogP contribution in [0.15, 0.2) is 84.9 Å². The SMILES string of the molecule is O=C(CN1CCN(C(=O)c2ccccc2-c2ccccc2)CC1)NCc1ccccc1. The molecule has 4 rings (SSSR count). The molecule has 1 saturated heterocycles. The average Bonchev–Trinajstić information content (AvgIpc) is 2.84. The van der Waals surface area contributed by atoms with Crippen molar-refractivity contribution < 1.29 is 9.59 Å². The smallest absolute Gasteiger partial charge is 0.254 e. The first kappa shape index (κ1) is 20.8. The van der Waals surface area contributed by atoms with Crippen molar-refractivity contribution in [2.24, 2.45) is 0 Å². The topological polar surface area (TPSA) is 52.7 Å². The van der Waals surface area contributed by atoms with Gasteiger partial charge in [0.15, 0.2) is 0 Å². The summed E-state index contributed by atoms with van der Waals surface area (Å²) in [5, 5.41) is 2.97. The lowest BCUT2D eigenvalue weighted by Crippen LogP contribution is -2.51. The van der Waals surface area contributed by atoms with Crippen molar-refractivity contribution in [2.45, 2.75) is 6.54 Å². The molecule has 31 heavy (non-hydrogen) atoms. The summed E-state index contributed by atoms with van der Waals surface area (Å²) in [6, 6.07) is 27.7. The number of hydrogen-bond donors (Lipinski definition) is 1. The van der Waals surface area contributed by atoms with Crippen molar-refractivity contribution >= 4 is 11.8 Å². The summed E-state index contributed by atoms with van der Waals surface area (Å²) in [7, 11) is 0. The van der Waals surface area contributed by atoms with E-state index in [0.29, 0.717) is 39.3 Å². The van der Waals surface area contributed by atoms with Crippen LogP contribution in [0.25, 0.3) is 11.1 Å². The van der Waals surface area contributed by atoms with Gasteiger partial charge in [0.05, 0.1) is 6.54 Å². The standard InChI is InChI=1S/C26H27N3O2/c30-25(27-19-21-9-3-1-4-10-21)20-28-15-17-29(18-16-28)26(31)24-14-8-7-13-23(24)22-11-5-2-6-12-22/h1-14H,15-20H2,(H,27,30). The summed E-state index contributed by atoms with van der Waals surface area (Å²) < 4.78 is 0. The van der Waals surface area contributed by atoms with E-state index in [1.54, 1.807) is 0 Å². The molecule has 0 atom stereocenters. The third-order valence-electron chi connectivity index (χ3n) is 5.60. The zero-order valence-electron chi connectivity index (χ0n) is 17.5. The summed E-state index contributed by atoms with van der Waals surface area (Å²) in [4.78, 5) is 29.5. The summed E-state index contributed by atoms with van der Waals surface area (Å²) in [6.07, 6.45) is 0. The minimum atomic E-state index is 0.0121. The molecular weight excluding hydrogens is 386 g/mol. The van der Waals surface area contributed by atoms with E-state index in [9.17, 15) is 9.59 Å². The van der Waals surface area contributed by atoms with Crippen molar-refractivity contribution in [1.29, 1.82) is 0 Å². The van der Waals surface area contributed by atoms with Gasteiger partial charge in [-0.15, -0.1) is 0 Å². The van der Waals surface area contributed by atoms with E-state index in [1.165, 1.54) is 0 Å². The normalized spacial score (nSPS) is 14.3. The Hall–Kier alpha value is -3.44. The number of nitrogens with one attached hydrogen (secondary N) is 1. The fourth-order valence-corrected chi connectivity index (χ4v) is 3.87. The maximum atomic E-state index is 13.2. The molecule has 5 nitrogen and oxygen atoms in total. The molecule has 3 aromatic rings. The Bertz CT molecular complexity index is 1010. The maximum Gasteiger partial charge on any atom is 0.254 e. The lowest BCUT2D eigenvalue weighted by atomic mass is 9.98. The van der Waals surface area contributed by atoms with Crippen LogP contribution < -0.4 is 5.32 Å². The van der Waals surface area contributed by atoms with Crippen molar-refractivity contribution in [3.63, 3.8) is 0 Å². The largest absolute Gasteiger partial charge is 0.351 e. The molecule has 3 aromatic carbocycles. The van der Waals surface area contributed by atoms with Crippen LogP contribution in [0.2, 0.25) is 0 Å². The molecule has 0 bridgehead atoms. The van der Waals surface area contributed by atoms with Crippen LogP contribution >= 0.6 is 0 Å². The minimum Gasteiger partial charge on any atom is -0.351 e. The van der Waals surface area contributed by atoms with Gasteiger partial charge in [-0.3, -0.25) is 14.5 Å². The van der Waals surface area contributed by atoms with Crippen LogP contribution in [0, 0.1) is 0 Å². The second-order valence-corrected chi connectivity index (χ2v) is 7.74. The second kappa shape index (κ2) is 10.0. The third kappa shape index (κ3) is 5.38. The predicted molar refractivity (Wildman–Crippen MR) is 123 cm³/mol. The lowest BCUT2D eigenvalue weighted by Gasteiger charge is -2.34. The molecule has 0 unspecified atom stereocenters. The van der Waals surface area contributed by atoms with Crippen LogP contribution in [0.1, 0.15) is 15.9 Å². The van der Waals surface area contributed by atoms with E-state index in [0.717, 1.165) is 22.3 Å². The molecular formula is C26H27N3O2. The molecule has 158 valence electrons. The summed E-state index contributed by atoms with van der Waals surface area (Å²) in [6.45, 7) is 3.52. The first-order valence-corrected chi connectivity index (χ1v) is 10.7. The molecule has 2 amide bonds. The third-order valence-corrected chi connectivity index (χ3v) is 5.60. The van der Waals surface area contributed by atoms with Crippen LogP contribution in [-0.2, 0) is 11.3 Å². The Balaban J connectivity index is 1.31. The monoisotopic (exact) mass is 413 g/mol. The number of hydrogen-bond acceptors (Lipinski definition) is 3. The number of rotatable bonds is 6. The molecule has 1 heterocycles. The quantitative estimate of drug-likeness (QED) is 0.674. The first-order chi connectivity index (χ1) is 15.2. The van der Waals surface area contributed by atoms with Crippen molar-refractivity contribution in [1.82, 2.24) is 15.1 Å². The van der Waals surface area contributed by atoms with Crippen LogP contribution in [0.5, 0.6) is 0 Å². The van der Waals surface area contributed by atoms with Crippen LogP contribution in [0.3, 0.4) is 0 Å². The molecule has 1 fully saturated rings. The highest BCUT2D eigenvalue weighted by Gasteiger charge is 2.24. The summed E-state index contributed by atoms with van der Waals surface area (Å²) in [5.41, 5.74) is 3.81. The van der Waals surface area contributed by atoms with E-state index >= 15 is 0 Å². The Morgan fingerprint density at radius 3 is 2.06 bits per heavy atom. The predicted octanol–water partition coefficient (Wildman–Crippen LogP) is 3.43. The van der Waals surface area contributed by atoms with Gasteiger partial charge in [0.2, 0.25) is 5.91 Å². The van der Waals surface area contributed by atoms with Crippen molar-refractivity contribution in [2.75, 3.05) is 32.7 Å². The fraction of sp³-hybridized carbons (Fsp3) is 0.231. The number of piperazine rings is 1. The minimum absolute atomic E-state index is 0.0121. The van der Waals surface area contributed by atoms with Crippen molar-refractivity contribution in [3.05, 3.63) is 96.1 Å². The van der Waals surface area contributed by atoms with Gasteiger partial charge in [0.1, 0.15) is 0 Å². The van der Waals surface area contributed by atoms with Gasteiger partial charge >= 0.3 is 0 Å². The van der Waals surface area contributed by atoms with Crippen molar-refractivity contribution in [3.8, 4) is 11.1 Å². The highest BCUT2D eigenvalue weighted by Crippen LogP contribution is 2.25. The summed E-state index contributed by atoms with van der Waals surface area (Å²) >= 11 is 0. The molecule has 0 aromatic heterocycles. The number of carbonyl (C=O) groups excluding carboxylic acids is 2. The number of benzene rings is 3. The molecule has 1 aliphatic rings. The van der Waals surface area contributed by atoms with E-state index in [2.05, 4.69) is 10.2 Å². The zero-order valence-corrected chi connectivity index (χ0v) is 17.5. The second-order valence-electron chi connectivity index (χ2n) is 7.74. The number of amides is 2. The molecule has 0 spiro atoms. The van der Waals surface area contributed by atoms with Gasteiger partial charge in [-0.05, 0) is 22.8 Å². The Kier molecular flexibility index (Phi) is 6.75. The lowest BCUT2D eigenvalue weighted by molar-refractivity contribution is -0.122. The van der Waals surface area contributed by atoms with Gasteiger partial charge in [-0.2, -0.15) is 0 Å². The van der Waals surface area contributed by atoms with E-state index in [4.69, 9.17) is 0 Å². The summed E-state index contributed by atoms with van der Waals surface area (Å²) in [5.74, 6) is 0.0608. The van der Waals surface area contributed by atoms with E-state index in [1.807, 2.05) is 89.8 Å². The molecule has 0 aliphatic carbocycles. The highest BCUT2D eigenvalue weighted by atomic mass is 16.2. The number of carbonyl (C=O) groups is 2. The van der Waals surface area contributed by atoms with Crippen LogP contribution in [-0.4, -0.2) is 54.3 Å². The molecule has 0 radical (unpaired) electrons. The molecule has 0 saturated carbocycles. The van der Waals surface area contributed by atoms with Gasteiger partial charge in [0, 0.05) is 38.3 Å². The molecule has 1 N–H and O–H groups in total. The van der Waals surface area contributed by atoms with Gasteiger partial charge in [-0.25, -0.2) is 0 Å². The number of nitrogens with zero attached hydrogens (tertiary/aromatic N) is 2. The van der Waals surface area contributed by atoms with Crippen LogP contribution in [0.4, 0.5) is 0 Å². The Morgan fingerprint density at radius 1 is 0.742 bits per heavy atom. The Labute approximate surface area is 183 Å². The van der Waals surface area contributed by atoms with Gasteiger partial charge in [0.25, 0.3) is 5.91 Å².